The number of piperidine rings is 1. The average Bonchev–Trinajstić information content (AvgIpc) is 2.50. The highest BCUT2D eigenvalue weighted by Gasteiger charge is 2.23. The van der Waals surface area contributed by atoms with Crippen LogP contribution in [0, 0.1) is 5.82 Å². The molecule has 6 heteroatoms. The van der Waals surface area contributed by atoms with Gasteiger partial charge in [-0.25, -0.2) is 4.39 Å². The van der Waals surface area contributed by atoms with Gasteiger partial charge in [-0.1, -0.05) is 18.0 Å². The van der Waals surface area contributed by atoms with E-state index in [0.29, 0.717) is 31.1 Å². The van der Waals surface area contributed by atoms with Crippen LogP contribution in [0.25, 0.3) is 0 Å². The van der Waals surface area contributed by atoms with E-state index >= 15 is 0 Å². The van der Waals surface area contributed by atoms with Crippen LogP contribution >= 0.6 is 11.6 Å². The molecular formula is C16H23ClFN3O. The maximum Gasteiger partial charge on any atom is 0.221 e. The number of nitrogens with two attached hydrogens (primary N) is 1. The zero-order valence-electron chi connectivity index (χ0n) is 12.7. The minimum atomic E-state index is -0.274. The lowest BCUT2D eigenvalue weighted by Gasteiger charge is -2.36. The number of nitrogens with zero attached hydrogens (tertiary/aromatic N) is 1. The molecule has 1 aliphatic rings. The minimum absolute atomic E-state index is 0.0168. The summed E-state index contributed by atoms with van der Waals surface area (Å²) in [5.41, 5.74) is 6.17. The summed E-state index contributed by atoms with van der Waals surface area (Å²) in [6.07, 6.45) is 3.63. The molecule has 1 atom stereocenters. The molecule has 122 valence electrons. The van der Waals surface area contributed by atoms with Gasteiger partial charge in [-0.15, -0.1) is 0 Å². The van der Waals surface area contributed by atoms with Gasteiger partial charge in [0.1, 0.15) is 5.82 Å². The summed E-state index contributed by atoms with van der Waals surface area (Å²) in [6, 6.07) is 4.71. The van der Waals surface area contributed by atoms with Gasteiger partial charge in [0.25, 0.3) is 0 Å². The van der Waals surface area contributed by atoms with Crippen LogP contribution in [0.1, 0.15) is 31.2 Å². The van der Waals surface area contributed by atoms with E-state index in [9.17, 15) is 9.18 Å². The molecule has 0 aromatic heterocycles. The van der Waals surface area contributed by atoms with Crippen LogP contribution in [0.2, 0.25) is 5.02 Å². The van der Waals surface area contributed by atoms with Gasteiger partial charge in [-0.3, -0.25) is 9.69 Å². The molecule has 2 rings (SSSR count). The maximum absolute atomic E-state index is 13.4. The van der Waals surface area contributed by atoms with Gasteiger partial charge in [0.05, 0.1) is 0 Å². The lowest BCUT2D eigenvalue weighted by atomic mass is 10.0. The van der Waals surface area contributed by atoms with Crippen LogP contribution in [-0.2, 0) is 11.3 Å². The number of hydrogen-bond acceptors (Lipinski definition) is 3. The zero-order valence-corrected chi connectivity index (χ0v) is 13.4. The number of nitrogens with one attached hydrogen (secondary N) is 1. The molecular weight excluding hydrogens is 305 g/mol. The van der Waals surface area contributed by atoms with E-state index in [1.54, 1.807) is 6.07 Å². The van der Waals surface area contributed by atoms with Crippen molar-refractivity contribution in [3.8, 4) is 0 Å². The van der Waals surface area contributed by atoms with E-state index in [0.717, 1.165) is 31.4 Å². The van der Waals surface area contributed by atoms with Crippen molar-refractivity contribution in [3.05, 3.63) is 34.6 Å². The Labute approximate surface area is 135 Å². The fraction of sp³-hybridized carbons (Fsp3) is 0.562. The van der Waals surface area contributed by atoms with Gasteiger partial charge in [0.2, 0.25) is 5.91 Å². The predicted octanol–water partition coefficient (Wildman–Crippen LogP) is 2.30. The number of likely N-dealkylation sites (tertiary alicyclic amines) is 1. The van der Waals surface area contributed by atoms with Crippen molar-refractivity contribution >= 4 is 17.5 Å². The summed E-state index contributed by atoms with van der Waals surface area (Å²) < 4.78 is 13.4. The van der Waals surface area contributed by atoms with Crippen molar-refractivity contribution in [1.29, 1.82) is 0 Å². The summed E-state index contributed by atoms with van der Waals surface area (Å²) >= 11 is 6.15. The molecule has 1 aromatic rings. The Kier molecular flexibility index (Phi) is 6.61. The number of rotatable bonds is 6. The first kappa shape index (κ1) is 17.2. The monoisotopic (exact) mass is 327 g/mol. The largest absolute Gasteiger partial charge is 0.354 e. The third-order valence-electron chi connectivity index (χ3n) is 4.04. The Balaban J connectivity index is 1.97. The lowest BCUT2D eigenvalue weighted by molar-refractivity contribution is -0.121. The van der Waals surface area contributed by atoms with Crippen LogP contribution < -0.4 is 11.1 Å². The molecule has 1 saturated heterocycles. The highest BCUT2D eigenvalue weighted by atomic mass is 35.5. The van der Waals surface area contributed by atoms with E-state index < -0.39 is 0 Å². The molecule has 3 N–H and O–H groups in total. The summed E-state index contributed by atoms with van der Waals surface area (Å²) in [6.45, 7) is 2.50. The molecule has 1 aromatic carbocycles. The Hall–Kier alpha value is -1.17. The lowest BCUT2D eigenvalue weighted by Crippen LogP contribution is -2.46. The molecule has 4 nitrogen and oxygen atoms in total. The van der Waals surface area contributed by atoms with Crippen LogP contribution in [0.3, 0.4) is 0 Å². The van der Waals surface area contributed by atoms with Crippen LogP contribution in [0.15, 0.2) is 18.2 Å². The molecule has 1 unspecified atom stereocenters. The third kappa shape index (κ3) is 4.93. The van der Waals surface area contributed by atoms with Crippen molar-refractivity contribution in [2.45, 2.75) is 38.3 Å². The first-order valence-electron chi connectivity index (χ1n) is 7.75. The Morgan fingerprint density at radius 2 is 2.27 bits per heavy atom. The van der Waals surface area contributed by atoms with Crippen LogP contribution in [0.4, 0.5) is 4.39 Å². The van der Waals surface area contributed by atoms with Crippen molar-refractivity contribution in [2.24, 2.45) is 5.73 Å². The first-order valence-corrected chi connectivity index (χ1v) is 8.12. The van der Waals surface area contributed by atoms with Crippen molar-refractivity contribution in [3.63, 3.8) is 0 Å². The van der Waals surface area contributed by atoms with Gasteiger partial charge in [-0.2, -0.15) is 0 Å². The number of benzene rings is 1. The molecule has 0 spiro atoms. The number of carbonyl (C=O) groups excluding carboxylic acids is 1. The standard InChI is InChI=1S/C16H23ClFN3O/c17-15-5-4-13(18)9-12(15)11-21-8-2-1-3-14(21)10-20-16(22)6-7-19/h4-5,9,14H,1-3,6-8,10-11,19H2,(H,20,22). The van der Waals surface area contributed by atoms with Crippen LogP contribution in [0.5, 0.6) is 0 Å². The molecule has 1 fully saturated rings. The minimum Gasteiger partial charge on any atom is -0.354 e. The molecule has 1 heterocycles. The third-order valence-corrected chi connectivity index (χ3v) is 4.41. The van der Waals surface area contributed by atoms with Gasteiger partial charge in [0, 0.05) is 37.1 Å². The first-order chi connectivity index (χ1) is 10.6. The molecule has 1 amide bonds. The van der Waals surface area contributed by atoms with Gasteiger partial charge < -0.3 is 11.1 Å². The van der Waals surface area contributed by atoms with Crippen molar-refractivity contribution in [1.82, 2.24) is 10.2 Å². The summed E-state index contributed by atoms with van der Waals surface area (Å²) in [5.74, 6) is -0.291. The van der Waals surface area contributed by atoms with Gasteiger partial charge in [-0.05, 0) is 43.1 Å². The topological polar surface area (TPSA) is 58.4 Å². The highest BCUT2D eigenvalue weighted by molar-refractivity contribution is 6.31. The zero-order chi connectivity index (χ0) is 15.9. The molecule has 1 aliphatic heterocycles. The average molecular weight is 328 g/mol. The number of hydrogen-bond donors (Lipinski definition) is 2. The van der Waals surface area contributed by atoms with Crippen molar-refractivity contribution in [2.75, 3.05) is 19.6 Å². The Morgan fingerprint density at radius 1 is 1.45 bits per heavy atom. The second-order valence-corrected chi connectivity index (χ2v) is 6.11. The fourth-order valence-electron chi connectivity index (χ4n) is 2.83. The van der Waals surface area contributed by atoms with E-state index in [1.807, 2.05) is 0 Å². The summed E-state index contributed by atoms with van der Waals surface area (Å²) in [7, 11) is 0. The highest BCUT2D eigenvalue weighted by Crippen LogP contribution is 2.23. The van der Waals surface area contributed by atoms with E-state index in [4.69, 9.17) is 17.3 Å². The Morgan fingerprint density at radius 3 is 3.05 bits per heavy atom. The Bertz CT molecular complexity index is 512. The molecule has 0 radical (unpaired) electrons. The number of carbonyl (C=O) groups is 1. The number of halogens is 2. The summed E-state index contributed by atoms with van der Waals surface area (Å²) in [4.78, 5) is 13.8. The van der Waals surface area contributed by atoms with Gasteiger partial charge in [0.15, 0.2) is 0 Å². The number of amides is 1. The molecule has 22 heavy (non-hydrogen) atoms. The van der Waals surface area contributed by atoms with Gasteiger partial charge >= 0.3 is 0 Å². The molecule has 0 bridgehead atoms. The quantitative estimate of drug-likeness (QED) is 0.843. The fourth-order valence-corrected chi connectivity index (χ4v) is 3.01. The SMILES string of the molecule is NCCC(=O)NCC1CCCCN1Cc1cc(F)ccc1Cl. The van der Waals surface area contributed by atoms with E-state index in [2.05, 4.69) is 10.2 Å². The summed E-state index contributed by atoms with van der Waals surface area (Å²) in [5, 5.41) is 3.51. The smallest absolute Gasteiger partial charge is 0.221 e. The van der Waals surface area contributed by atoms with Crippen molar-refractivity contribution < 1.29 is 9.18 Å². The second-order valence-electron chi connectivity index (χ2n) is 5.70. The second kappa shape index (κ2) is 8.46. The predicted molar refractivity (Wildman–Crippen MR) is 86.1 cm³/mol. The van der Waals surface area contributed by atoms with E-state index in [1.165, 1.54) is 12.1 Å². The molecule has 0 aliphatic carbocycles. The van der Waals surface area contributed by atoms with E-state index in [-0.39, 0.29) is 17.8 Å². The van der Waals surface area contributed by atoms with Crippen LogP contribution in [-0.4, -0.2) is 36.5 Å². The normalized spacial score (nSPS) is 19.1. The maximum atomic E-state index is 13.4. The molecule has 0 saturated carbocycles.